The zero-order valence-electron chi connectivity index (χ0n) is 7.95. The molecule has 0 amide bonds. The molecule has 4 nitrogen and oxygen atoms in total. The predicted octanol–water partition coefficient (Wildman–Crippen LogP) is 0.618. The molecule has 1 aliphatic rings. The second-order valence-corrected chi connectivity index (χ2v) is 3.48. The van der Waals surface area contributed by atoms with Crippen molar-refractivity contribution in [2.24, 2.45) is 0 Å². The SMILES string of the molecule is COC1CCC(NCC(=O)O)CC1. The van der Waals surface area contributed by atoms with Crippen LogP contribution in [0.15, 0.2) is 0 Å². The number of carboxylic acids is 1. The van der Waals surface area contributed by atoms with Crippen molar-refractivity contribution in [2.45, 2.75) is 37.8 Å². The number of carbonyl (C=O) groups is 1. The van der Waals surface area contributed by atoms with Crippen molar-refractivity contribution in [1.82, 2.24) is 5.32 Å². The zero-order valence-corrected chi connectivity index (χ0v) is 7.95. The average Bonchev–Trinajstić information content (AvgIpc) is 2.15. The molecule has 0 unspecified atom stereocenters. The van der Waals surface area contributed by atoms with Crippen molar-refractivity contribution in [1.29, 1.82) is 0 Å². The van der Waals surface area contributed by atoms with Gasteiger partial charge in [0, 0.05) is 13.2 Å². The number of methoxy groups -OCH3 is 1. The predicted molar refractivity (Wildman–Crippen MR) is 48.7 cm³/mol. The molecule has 1 saturated carbocycles. The third-order valence-electron chi connectivity index (χ3n) is 2.55. The lowest BCUT2D eigenvalue weighted by Gasteiger charge is -2.27. The van der Waals surface area contributed by atoms with E-state index in [0.29, 0.717) is 12.1 Å². The van der Waals surface area contributed by atoms with Crippen molar-refractivity contribution in [2.75, 3.05) is 13.7 Å². The lowest BCUT2D eigenvalue weighted by Crippen LogP contribution is -2.37. The average molecular weight is 187 g/mol. The number of hydrogen-bond donors (Lipinski definition) is 2. The van der Waals surface area contributed by atoms with Gasteiger partial charge in [-0.1, -0.05) is 0 Å². The van der Waals surface area contributed by atoms with Gasteiger partial charge in [0.2, 0.25) is 0 Å². The highest BCUT2D eigenvalue weighted by atomic mass is 16.5. The van der Waals surface area contributed by atoms with Crippen molar-refractivity contribution < 1.29 is 14.6 Å². The van der Waals surface area contributed by atoms with Crippen LogP contribution in [0.1, 0.15) is 25.7 Å². The first kappa shape index (κ1) is 10.5. The molecular formula is C9H17NO3. The van der Waals surface area contributed by atoms with Crippen LogP contribution < -0.4 is 5.32 Å². The summed E-state index contributed by atoms with van der Waals surface area (Å²) in [6.45, 7) is 0.0717. The highest BCUT2D eigenvalue weighted by Gasteiger charge is 2.20. The molecule has 0 radical (unpaired) electrons. The van der Waals surface area contributed by atoms with Crippen LogP contribution in [0.2, 0.25) is 0 Å². The van der Waals surface area contributed by atoms with Crippen LogP contribution in [0.5, 0.6) is 0 Å². The van der Waals surface area contributed by atoms with Crippen LogP contribution in [-0.4, -0.2) is 36.9 Å². The lowest BCUT2D eigenvalue weighted by atomic mass is 9.93. The van der Waals surface area contributed by atoms with Gasteiger partial charge in [0.05, 0.1) is 12.6 Å². The highest BCUT2D eigenvalue weighted by Crippen LogP contribution is 2.20. The van der Waals surface area contributed by atoms with Crippen LogP contribution in [-0.2, 0) is 9.53 Å². The summed E-state index contributed by atoms with van der Waals surface area (Å²) < 4.78 is 5.22. The Morgan fingerprint density at radius 3 is 2.54 bits per heavy atom. The fourth-order valence-electron chi connectivity index (χ4n) is 1.73. The van der Waals surface area contributed by atoms with Crippen LogP contribution in [0.3, 0.4) is 0 Å². The maximum Gasteiger partial charge on any atom is 0.317 e. The Balaban J connectivity index is 2.14. The summed E-state index contributed by atoms with van der Waals surface area (Å²) in [6.07, 6.45) is 4.49. The standard InChI is InChI=1S/C9H17NO3/c1-13-8-4-2-7(3-5-8)10-6-9(11)12/h7-8,10H,2-6H2,1H3,(H,11,12). The number of nitrogens with one attached hydrogen (secondary N) is 1. The number of hydrogen-bond acceptors (Lipinski definition) is 3. The Labute approximate surface area is 78.3 Å². The summed E-state index contributed by atoms with van der Waals surface area (Å²) in [6, 6.07) is 0.363. The molecular weight excluding hydrogens is 170 g/mol. The first-order valence-electron chi connectivity index (χ1n) is 4.70. The fourth-order valence-corrected chi connectivity index (χ4v) is 1.73. The van der Waals surface area contributed by atoms with Gasteiger partial charge < -0.3 is 15.2 Å². The molecule has 0 heterocycles. The maximum absolute atomic E-state index is 10.3. The molecule has 0 aromatic carbocycles. The number of carboxylic acid groups (broad SMARTS) is 1. The molecule has 1 aliphatic carbocycles. The molecule has 0 atom stereocenters. The summed E-state index contributed by atoms with van der Waals surface area (Å²) >= 11 is 0. The van der Waals surface area contributed by atoms with Gasteiger partial charge in [0.15, 0.2) is 0 Å². The smallest absolute Gasteiger partial charge is 0.317 e. The Kier molecular flexibility index (Phi) is 4.18. The van der Waals surface area contributed by atoms with Gasteiger partial charge >= 0.3 is 5.97 Å². The minimum absolute atomic E-state index is 0.0717. The molecule has 0 aromatic rings. The van der Waals surface area contributed by atoms with Gasteiger partial charge in [-0.05, 0) is 25.7 Å². The van der Waals surface area contributed by atoms with E-state index in [0.717, 1.165) is 25.7 Å². The Bertz CT molecular complexity index is 164. The largest absolute Gasteiger partial charge is 0.480 e. The zero-order chi connectivity index (χ0) is 9.68. The molecule has 0 saturated heterocycles. The van der Waals surface area contributed by atoms with Crippen LogP contribution in [0.25, 0.3) is 0 Å². The van der Waals surface area contributed by atoms with E-state index in [1.54, 1.807) is 7.11 Å². The van der Waals surface area contributed by atoms with Crippen molar-refractivity contribution in [3.63, 3.8) is 0 Å². The summed E-state index contributed by atoms with van der Waals surface area (Å²) in [7, 11) is 1.73. The van der Waals surface area contributed by atoms with E-state index in [-0.39, 0.29) is 6.54 Å². The van der Waals surface area contributed by atoms with Crippen molar-refractivity contribution >= 4 is 5.97 Å². The minimum Gasteiger partial charge on any atom is -0.480 e. The molecule has 2 N–H and O–H groups in total. The Morgan fingerprint density at radius 1 is 1.46 bits per heavy atom. The highest BCUT2D eigenvalue weighted by molar-refractivity contribution is 5.69. The van der Waals surface area contributed by atoms with Gasteiger partial charge in [-0.15, -0.1) is 0 Å². The minimum atomic E-state index is -0.783. The first-order chi connectivity index (χ1) is 6.22. The molecule has 0 aliphatic heterocycles. The maximum atomic E-state index is 10.3. The Morgan fingerprint density at radius 2 is 2.08 bits per heavy atom. The monoisotopic (exact) mass is 187 g/mol. The molecule has 1 rings (SSSR count). The number of ether oxygens (including phenoxy) is 1. The summed E-state index contributed by atoms with van der Waals surface area (Å²) in [5, 5.41) is 11.5. The summed E-state index contributed by atoms with van der Waals surface area (Å²) in [5.74, 6) is -0.783. The molecule has 0 spiro atoms. The summed E-state index contributed by atoms with van der Waals surface area (Å²) in [5.41, 5.74) is 0. The molecule has 0 bridgehead atoms. The number of aliphatic carboxylic acids is 1. The van der Waals surface area contributed by atoms with Gasteiger partial charge in [0.25, 0.3) is 0 Å². The fraction of sp³-hybridized carbons (Fsp3) is 0.889. The van der Waals surface area contributed by atoms with Gasteiger partial charge in [-0.2, -0.15) is 0 Å². The van der Waals surface area contributed by atoms with Gasteiger partial charge in [0.1, 0.15) is 0 Å². The topological polar surface area (TPSA) is 58.6 Å². The molecule has 0 aromatic heterocycles. The summed E-state index contributed by atoms with van der Waals surface area (Å²) in [4.78, 5) is 10.3. The van der Waals surface area contributed by atoms with E-state index in [1.165, 1.54) is 0 Å². The second kappa shape index (κ2) is 5.19. The lowest BCUT2D eigenvalue weighted by molar-refractivity contribution is -0.136. The van der Waals surface area contributed by atoms with Gasteiger partial charge in [-0.3, -0.25) is 4.79 Å². The third-order valence-corrected chi connectivity index (χ3v) is 2.55. The van der Waals surface area contributed by atoms with Crippen LogP contribution in [0, 0.1) is 0 Å². The Hall–Kier alpha value is -0.610. The number of rotatable bonds is 4. The molecule has 76 valence electrons. The van der Waals surface area contributed by atoms with Crippen molar-refractivity contribution in [3.05, 3.63) is 0 Å². The third kappa shape index (κ3) is 3.74. The van der Waals surface area contributed by atoms with Crippen molar-refractivity contribution in [3.8, 4) is 0 Å². The molecule has 4 heteroatoms. The van der Waals surface area contributed by atoms with Crippen LogP contribution >= 0.6 is 0 Å². The first-order valence-corrected chi connectivity index (χ1v) is 4.70. The van der Waals surface area contributed by atoms with Crippen LogP contribution in [0.4, 0.5) is 0 Å². The molecule has 1 fully saturated rings. The van der Waals surface area contributed by atoms with E-state index in [1.807, 2.05) is 0 Å². The molecule has 13 heavy (non-hydrogen) atoms. The quantitative estimate of drug-likeness (QED) is 0.677. The van der Waals surface area contributed by atoms with Gasteiger partial charge in [-0.25, -0.2) is 0 Å². The van der Waals surface area contributed by atoms with E-state index < -0.39 is 5.97 Å². The second-order valence-electron chi connectivity index (χ2n) is 3.48. The van der Waals surface area contributed by atoms with E-state index in [2.05, 4.69) is 5.32 Å². The van der Waals surface area contributed by atoms with E-state index in [9.17, 15) is 4.79 Å². The van der Waals surface area contributed by atoms with E-state index >= 15 is 0 Å². The van der Waals surface area contributed by atoms with E-state index in [4.69, 9.17) is 9.84 Å². The normalized spacial score (nSPS) is 28.7.